The first-order chi connectivity index (χ1) is 13.6. The maximum absolute atomic E-state index is 12.3. The van der Waals surface area contributed by atoms with Crippen molar-refractivity contribution >= 4 is 27.8 Å². The Morgan fingerprint density at radius 1 is 1.17 bits per heavy atom. The molecule has 2 aromatic rings. The van der Waals surface area contributed by atoms with Crippen molar-refractivity contribution in [1.82, 2.24) is 5.43 Å². The molecule has 2 rings (SSSR count). The first kappa shape index (κ1) is 22.4. The second kappa shape index (κ2) is 9.56. The maximum atomic E-state index is 12.3. The highest BCUT2D eigenvalue weighted by Crippen LogP contribution is 2.23. The molecule has 0 fully saturated rings. The highest BCUT2D eigenvalue weighted by Gasteiger charge is 2.22. The fourth-order valence-electron chi connectivity index (χ4n) is 2.62. The van der Waals surface area contributed by atoms with E-state index in [0.717, 1.165) is 33.0 Å². The number of hydrogen-bond acceptors (Lipinski definition) is 5. The number of benzene rings is 2. The Morgan fingerprint density at radius 3 is 2.41 bits per heavy atom. The molecule has 156 valence electrons. The lowest BCUT2D eigenvalue weighted by Gasteiger charge is -2.23. The molecule has 7 nitrogen and oxygen atoms in total. The molecule has 1 N–H and O–H groups in total. The minimum atomic E-state index is -3.64. The SMILES string of the molecule is Cc1ccc(C)c(N(CC(=O)N/N=C\c2ccc(OC(C)C)cc2)S(C)(=O)=O)c1. The van der Waals surface area contributed by atoms with Gasteiger partial charge in [-0.2, -0.15) is 5.10 Å². The van der Waals surface area contributed by atoms with Crippen LogP contribution >= 0.6 is 0 Å². The van der Waals surface area contributed by atoms with Gasteiger partial charge in [-0.05, 0) is 74.7 Å². The van der Waals surface area contributed by atoms with Crippen molar-refractivity contribution in [2.45, 2.75) is 33.8 Å². The quantitative estimate of drug-likeness (QED) is 0.528. The van der Waals surface area contributed by atoms with Gasteiger partial charge in [0.1, 0.15) is 12.3 Å². The minimum Gasteiger partial charge on any atom is -0.491 e. The van der Waals surface area contributed by atoms with Crippen molar-refractivity contribution in [1.29, 1.82) is 0 Å². The van der Waals surface area contributed by atoms with E-state index in [1.54, 1.807) is 13.0 Å². The Hall–Kier alpha value is -2.87. The van der Waals surface area contributed by atoms with Gasteiger partial charge in [-0.25, -0.2) is 13.8 Å². The molecule has 0 aliphatic heterocycles. The molecule has 0 aliphatic rings. The summed E-state index contributed by atoms with van der Waals surface area (Å²) < 4.78 is 31.1. The standard InChI is InChI=1S/C21H27N3O4S/c1-15(2)28-19-10-8-18(9-11-19)13-22-23-21(25)14-24(29(5,26)27)20-12-16(3)6-7-17(20)4/h6-13,15H,14H2,1-5H3,(H,23,25)/b22-13-. The summed E-state index contributed by atoms with van der Waals surface area (Å²) in [5, 5.41) is 3.91. The summed E-state index contributed by atoms with van der Waals surface area (Å²) in [7, 11) is -3.64. The summed E-state index contributed by atoms with van der Waals surface area (Å²) in [4.78, 5) is 12.3. The molecule has 0 spiro atoms. The van der Waals surface area contributed by atoms with Crippen LogP contribution in [0.5, 0.6) is 5.75 Å². The van der Waals surface area contributed by atoms with Crippen molar-refractivity contribution < 1.29 is 17.9 Å². The second-order valence-electron chi connectivity index (χ2n) is 7.09. The summed E-state index contributed by atoms with van der Waals surface area (Å²) in [6.07, 6.45) is 2.65. The molecule has 29 heavy (non-hydrogen) atoms. The van der Waals surface area contributed by atoms with Crippen LogP contribution in [-0.4, -0.2) is 39.4 Å². The largest absolute Gasteiger partial charge is 0.491 e. The monoisotopic (exact) mass is 417 g/mol. The molecular formula is C21H27N3O4S. The number of aryl methyl sites for hydroxylation is 2. The number of carbonyl (C=O) groups is 1. The zero-order valence-corrected chi connectivity index (χ0v) is 18.2. The number of rotatable bonds is 8. The van der Waals surface area contributed by atoms with Crippen molar-refractivity contribution in [3.8, 4) is 5.75 Å². The predicted molar refractivity (Wildman–Crippen MR) is 116 cm³/mol. The van der Waals surface area contributed by atoms with E-state index in [-0.39, 0.29) is 12.6 Å². The summed E-state index contributed by atoms with van der Waals surface area (Å²) in [5.41, 5.74) is 5.30. The van der Waals surface area contributed by atoms with Gasteiger partial charge in [0.2, 0.25) is 10.0 Å². The van der Waals surface area contributed by atoms with E-state index >= 15 is 0 Å². The van der Waals surface area contributed by atoms with E-state index in [4.69, 9.17) is 4.74 Å². The van der Waals surface area contributed by atoms with Gasteiger partial charge in [0, 0.05) is 0 Å². The molecule has 0 atom stereocenters. The van der Waals surface area contributed by atoms with Crippen LogP contribution in [0.25, 0.3) is 0 Å². The number of carbonyl (C=O) groups excluding carboxylic acids is 1. The molecule has 0 aliphatic carbocycles. The topological polar surface area (TPSA) is 88.1 Å². The van der Waals surface area contributed by atoms with Crippen LogP contribution in [0.4, 0.5) is 5.69 Å². The average Bonchev–Trinajstić information content (AvgIpc) is 2.62. The Kier molecular flexibility index (Phi) is 7.39. The summed E-state index contributed by atoms with van der Waals surface area (Å²) >= 11 is 0. The second-order valence-corrected chi connectivity index (χ2v) is 9.00. The van der Waals surface area contributed by atoms with E-state index in [9.17, 15) is 13.2 Å². The Labute approximate surface area is 172 Å². The van der Waals surface area contributed by atoms with Crippen LogP contribution in [0.2, 0.25) is 0 Å². The zero-order chi connectivity index (χ0) is 21.6. The van der Waals surface area contributed by atoms with E-state index in [1.807, 2.05) is 57.2 Å². The lowest BCUT2D eigenvalue weighted by Crippen LogP contribution is -2.39. The highest BCUT2D eigenvalue weighted by atomic mass is 32.2. The highest BCUT2D eigenvalue weighted by molar-refractivity contribution is 7.92. The molecule has 0 saturated carbocycles. The van der Waals surface area contributed by atoms with Crippen LogP contribution in [0.3, 0.4) is 0 Å². The van der Waals surface area contributed by atoms with Gasteiger partial charge in [0.25, 0.3) is 5.91 Å². The average molecular weight is 418 g/mol. The summed E-state index contributed by atoms with van der Waals surface area (Å²) in [6, 6.07) is 12.7. The molecule has 0 heterocycles. The third kappa shape index (κ3) is 6.90. The van der Waals surface area contributed by atoms with E-state index in [2.05, 4.69) is 10.5 Å². The molecular weight excluding hydrogens is 390 g/mol. The van der Waals surface area contributed by atoms with Crippen molar-refractivity contribution in [3.63, 3.8) is 0 Å². The van der Waals surface area contributed by atoms with Crippen molar-refractivity contribution in [2.24, 2.45) is 5.10 Å². The number of ether oxygens (including phenoxy) is 1. The number of nitrogens with zero attached hydrogens (tertiary/aromatic N) is 2. The van der Waals surface area contributed by atoms with Gasteiger partial charge >= 0.3 is 0 Å². The maximum Gasteiger partial charge on any atom is 0.260 e. The van der Waals surface area contributed by atoms with Gasteiger partial charge in [-0.3, -0.25) is 9.10 Å². The van der Waals surface area contributed by atoms with E-state index in [1.165, 1.54) is 6.21 Å². The molecule has 0 radical (unpaired) electrons. The van der Waals surface area contributed by atoms with E-state index in [0.29, 0.717) is 5.69 Å². The van der Waals surface area contributed by atoms with Crippen LogP contribution in [0.15, 0.2) is 47.6 Å². The summed E-state index contributed by atoms with van der Waals surface area (Å²) in [6.45, 7) is 7.20. The van der Waals surface area contributed by atoms with Crippen LogP contribution < -0.4 is 14.5 Å². The molecule has 0 unspecified atom stereocenters. The fourth-order valence-corrected chi connectivity index (χ4v) is 3.52. The predicted octanol–water partition coefficient (Wildman–Crippen LogP) is 3.01. The van der Waals surface area contributed by atoms with Crippen LogP contribution in [0, 0.1) is 13.8 Å². The van der Waals surface area contributed by atoms with Gasteiger partial charge in [-0.15, -0.1) is 0 Å². The number of hydrazone groups is 1. The first-order valence-electron chi connectivity index (χ1n) is 9.20. The normalized spacial score (nSPS) is 11.7. The van der Waals surface area contributed by atoms with Gasteiger partial charge in [0.05, 0.1) is 24.3 Å². The van der Waals surface area contributed by atoms with Gasteiger partial charge in [0.15, 0.2) is 0 Å². The first-order valence-corrected chi connectivity index (χ1v) is 11.0. The molecule has 2 aromatic carbocycles. The minimum absolute atomic E-state index is 0.0867. The van der Waals surface area contributed by atoms with E-state index < -0.39 is 15.9 Å². The molecule has 1 amide bonds. The van der Waals surface area contributed by atoms with Crippen molar-refractivity contribution in [2.75, 3.05) is 17.1 Å². The number of nitrogens with one attached hydrogen (secondary N) is 1. The third-order valence-electron chi connectivity index (χ3n) is 3.98. The number of hydrogen-bond donors (Lipinski definition) is 1. The lowest BCUT2D eigenvalue weighted by atomic mass is 10.1. The number of anilines is 1. The number of sulfonamides is 1. The zero-order valence-electron chi connectivity index (χ0n) is 17.3. The van der Waals surface area contributed by atoms with Crippen LogP contribution in [0.1, 0.15) is 30.5 Å². The third-order valence-corrected chi connectivity index (χ3v) is 5.10. The fraction of sp³-hybridized carbons (Fsp3) is 0.333. The molecule has 0 bridgehead atoms. The van der Waals surface area contributed by atoms with Crippen molar-refractivity contribution in [3.05, 3.63) is 59.2 Å². The summed E-state index contributed by atoms with van der Waals surface area (Å²) in [5.74, 6) is 0.214. The molecule has 0 saturated heterocycles. The van der Waals surface area contributed by atoms with Crippen LogP contribution in [-0.2, 0) is 14.8 Å². The van der Waals surface area contributed by atoms with Gasteiger partial charge in [-0.1, -0.05) is 12.1 Å². The Balaban J connectivity index is 2.05. The molecule has 0 aromatic heterocycles. The Morgan fingerprint density at radius 2 is 1.83 bits per heavy atom. The number of amides is 1. The lowest BCUT2D eigenvalue weighted by molar-refractivity contribution is -0.119. The Bertz CT molecular complexity index is 983. The molecule has 8 heteroatoms. The smallest absolute Gasteiger partial charge is 0.260 e. The van der Waals surface area contributed by atoms with Gasteiger partial charge < -0.3 is 4.74 Å².